The lowest BCUT2D eigenvalue weighted by atomic mass is 10.3. The predicted molar refractivity (Wildman–Crippen MR) is 80.6 cm³/mol. The van der Waals surface area contributed by atoms with Crippen molar-refractivity contribution in [2.75, 3.05) is 11.9 Å². The van der Waals surface area contributed by atoms with Crippen molar-refractivity contribution in [1.29, 1.82) is 0 Å². The number of nitrogens with one attached hydrogen (secondary N) is 1. The van der Waals surface area contributed by atoms with Gasteiger partial charge >= 0.3 is 0 Å². The van der Waals surface area contributed by atoms with Gasteiger partial charge in [0.25, 0.3) is 0 Å². The molecule has 1 heterocycles. The molecule has 1 aromatic carbocycles. The molecule has 5 heteroatoms. The predicted octanol–water partition coefficient (Wildman–Crippen LogP) is 3.50. The highest BCUT2D eigenvalue weighted by atomic mass is 79.9. The Kier molecular flexibility index (Phi) is 4.47. The van der Waals surface area contributed by atoms with Gasteiger partial charge in [-0.15, -0.1) is 0 Å². The molecule has 2 rings (SSSR count). The third kappa shape index (κ3) is 3.29. The van der Waals surface area contributed by atoms with Crippen LogP contribution < -0.4 is 10.1 Å². The number of rotatable bonds is 5. The second-order valence-electron chi connectivity index (χ2n) is 4.28. The van der Waals surface area contributed by atoms with E-state index < -0.39 is 0 Å². The molecule has 0 saturated heterocycles. The molecule has 4 nitrogen and oxygen atoms in total. The Morgan fingerprint density at radius 1 is 1.42 bits per heavy atom. The molecule has 1 N–H and O–H groups in total. The zero-order valence-corrected chi connectivity index (χ0v) is 13.0. The van der Waals surface area contributed by atoms with Crippen molar-refractivity contribution in [3.8, 4) is 5.75 Å². The lowest BCUT2D eigenvalue weighted by molar-refractivity contribution is 0.340. The van der Waals surface area contributed by atoms with Gasteiger partial charge in [-0.3, -0.25) is 4.68 Å². The lowest BCUT2D eigenvalue weighted by Gasteiger charge is -2.09. The second kappa shape index (κ2) is 6.10. The number of aromatic nitrogens is 2. The topological polar surface area (TPSA) is 39.1 Å². The number of aryl methyl sites for hydroxylation is 2. The minimum absolute atomic E-state index is 0.677. The van der Waals surface area contributed by atoms with E-state index in [1.807, 2.05) is 49.8 Å². The summed E-state index contributed by atoms with van der Waals surface area (Å²) in [5.74, 6) is 0.882. The van der Waals surface area contributed by atoms with Gasteiger partial charge in [0.1, 0.15) is 5.75 Å². The van der Waals surface area contributed by atoms with Gasteiger partial charge in [0.2, 0.25) is 0 Å². The fourth-order valence-electron chi connectivity index (χ4n) is 1.92. The van der Waals surface area contributed by atoms with E-state index in [-0.39, 0.29) is 0 Å². The monoisotopic (exact) mass is 323 g/mol. The summed E-state index contributed by atoms with van der Waals surface area (Å²) in [6.07, 6.45) is 0. The standard InChI is InChI=1S/C14H18BrN3O/c1-4-19-12-7-5-6-11(8-12)16-9-13-14(15)10(2)17-18(13)3/h5-8,16H,4,9H2,1-3H3. The van der Waals surface area contributed by atoms with Crippen molar-refractivity contribution in [3.05, 3.63) is 40.1 Å². The third-order valence-electron chi connectivity index (χ3n) is 2.87. The average molecular weight is 324 g/mol. The van der Waals surface area contributed by atoms with Crippen LogP contribution in [-0.4, -0.2) is 16.4 Å². The SMILES string of the molecule is CCOc1cccc(NCc2c(Br)c(C)nn2C)c1. The molecule has 0 amide bonds. The maximum Gasteiger partial charge on any atom is 0.121 e. The first-order valence-electron chi connectivity index (χ1n) is 6.26. The number of hydrogen-bond donors (Lipinski definition) is 1. The van der Waals surface area contributed by atoms with E-state index in [0.717, 1.165) is 27.3 Å². The van der Waals surface area contributed by atoms with Crippen LogP contribution in [0.25, 0.3) is 0 Å². The molecule has 0 radical (unpaired) electrons. The van der Waals surface area contributed by atoms with Crippen molar-refractivity contribution < 1.29 is 4.74 Å². The molecule has 102 valence electrons. The lowest BCUT2D eigenvalue weighted by Crippen LogP contribution is -2.06. The van der Waals surface area contributed by atoms with E-state index >= 15 is 0 Å². The number of benzene rings is 1. The summed E-state index contributed by atoms with van der Waals surface area (Å²) in [4.78, 5) is 0. The summed E-state index contributed by atoms with van der Waals surface area (Å²) in [7, 11) is 1.95. The van der Waals surface area contributed by atoms with Gasteiger partial charge in [-0.25, -0.2) is 0 Å². The molecule has 0 aliphatic carbocycles. The molecule has 0 fully saturated rings. The van der Waals surface area contributed by atoms with E-state index in [4.69, 9.17) is 4.74 Å². The van der Waals surface area contributed by atoms with Gasteiger partial charge in [-0.05, 0) is 41.9 Å². The summed E-state index contributed by atoms with van der Waals surface area (Å²) in [5.41, 5.74) is 3.17. The maximum atomic E-state index is 5.48. The van der Waals surface area contributed by atoms with Crippen molar-refractivity contribution in [2.45, 2.75) is 20.4 Å². The minimum Gasteiger partial charge on any atom is -0.494 e. The Balaban J connectivity index is 2.08. The highest BCUT2D eigenvalue weighted by Gasteiger charge is 2.10. The van der Waals surface area contributed by atoms with E-state index in [1.54, 1.807) is 0 Å². The number of anilines is 1. The van der Waals surface area contributed by atoms with Crippen LogP contribution in [0.1, 0.15) is 18.3 Å². The number of halogens is 1. The second-order valence-corrected chi connectivity index (χ2v) is 5.08. The minimum atomic E-state index is 0.677. The fraction of sp³-hybridized carbons (Fsp3) is 0.357. The molecule has 0 aliphatic heterocycles. The number of ether oxygens (including phenoxy) is 1. The van der Waals surface area contributed by atoms with E-state index in [2.05, 4.69) is 26.3 Å². The third-order valence-corrected chi connectivity index (χ3v) is 3.90. The summed E-state index contributed by atoms with van der Waals surface area (Å²) in [6, 6.07) is 7.97. The van der Waals surface area contributed by atoms with E-state index in [0.29, 0.717) is 13.2 Å². The van der Waals surface area contributed by atoms with Gasteiger partial charge in [0.05, 0.1) is 29.0 Å². The Bertz CT molecular complexity index is 566. The highest BCUT2D eigenvalue weighted by molar-refractivity contribution is 9.10. The Morgan fingerprint density at radius 3 is 2.84 bits per heavy atom. The van der Waals surface area contributed by atoms with Gasteiger partial charge in [-0.1, -0.05) is 6.07 Å². The Morgan fingerprint density at radius 2 is 2.21 bits per heavy atom. The first kappa shape index (κ1) is 13.9. The van der Waals surface area contributed by atoms with Gasteiger partial charge in [-0.2, -0.15) is 5.10 Å². The first-order valence-corrected chi connectivity index (χ1v) is 7.05. The molecular formula is C14H18BrN3O. The van der Waals surface area contributed by atoms with Crippen LogP contribution in [0.5, 0.6) is 5.75 Å². The molecule has 1 aromatic heterocycles. The normalized spacial score (nSPS) is 10.5. The smallest absolute Gasteiger partial charge is 0.121 e. The van der Waals surface area contributed by atoms with Crippen molar-refractivity contribution in [1.82, 2.24) is 9.78 Å². The molecular weight excluding hydrogens is 306 g/mol. The molecule has 0 aliphatic rings. The molecule has 0 unspecified atom stereocenters. The van der Waals surface area contributed by atoms with Gasteiger partial charge in [0.15, 0.2) is 0 Å². The molecule has 19 heavy (non-hydrogen) atoms. The molecule has 0 spiro atoms. The number of nitrogens with zero attached hydrogens (tertiary/aromatic N) is 2. The van der Waals surface area contributed by atoms with Gasteiger partial charge in [0, 0.05) is 18.8 Å². The van der Waals surface area contributed by atoms with Crippen molar-refractivity contribution in [2.24, 2.45) is 7.05 Å². The molecule has 0 saturated carbocycles. The number of hydrogen-bond acceptors (Lipinski definition) is 3. The molecule has 2 aromatic rings. The summed E-state index contributed by atoms with van der Waals surface area (Å²) >= 11 is 3.57. The Labute approximate surface area is 121 Å². The highest BCUT2D eigenvalue weighted by Crippen LogP contribution is 2.22. The fourth-order valence-corrected chi connectivity index (χ4v) is 2.40. The maximum absolute atomic E-state index is 5.48. The van der Waals surface area contributed by atoms with Crippen LogP contribution in [0.4, 0.5) is 5.69 Å². The van der Waals surface area contributed by atoms with E-state index in [9.17, 15) is 0 Å². The Hall–Kier alpha value is -1.49. The molecule has 0 atom stereocenters. The zero-order chi connectivity index (χ0) is 13.8. The van der Waals surface area contributed by atoms with Gasteiger partial charge < -0.3 is 10.1 Å². The van der Waals surface area contributed by atoms with Crippen LogP contribution >= 0.6 is 15.9 Å². The quantitative estimate of drug-likeness (QED) is 0.915. The van der Waals surface area contributed by atoms with E-state index in [1.165, 1.54) is 0 Å². The van der Waals surface area contributed by atoms with Crippen molar-refractivity contribution in [3.63, 3.8) is 0 Å². The summed E-state index contributed by atoms with van der Waals surface area (Å²) in [6.45, 7) is 5.36. The van der Waals surface area contributed by atoms with Crippen LogP contribution in [-0.2, 0) is 13.6 Å². The average Bonchev–Trinajstić information content (AvgIpc) is 2.62. The van der Waals surface area contributed by atoms with Crippen LogP contribution in [0, 0.1) is 6.92 Å². The van der Waals surface area contributed by atoms with Crippen LogP contribution in [0.15, 0.2) is 28.7 Å². The van der Waals surface area contributed by atoms with Crippen molar-refractivity contribution >= 4 is 21.6 Å². The largest absolute Gasteiger partial charge is 0.494 e. The molecule has 0 bridgehead atoms. The van der Waals surface area contributed by atoms with Crippen LogP contribution in [0.3, 0.4) is 0 Å². The zero-order valence-electron chi connectivity index (χ0n) is 11.4. The summed E-state index contributed by atoms with van der Waals surface area (Å²) < 4.78 is 8.43. The first-order chi connectivity index (χ1) is 9.11. The van der Waals surface area contributed by atoms with Crippen LogP contribution in [0.2, 0.25) is 0 Å². The summed E-state index contributed by atoms with van der Waals surface area (Å²) in [5, 5.41) is 7.76.